The number of carbonyl (C=O) groups excluding carboxylic acids is 3. The molecule has 60 heavy (non-hydrogen) atoms. The molecule has 2 amide bonds. The molecule has 0 atom stereocenters. The van der Waals surface area contributed by atoms with Crippen LogP contribution in [-0.4, -0.2) is 49.3 Å². The second kappa shape index (κ2) is 16.1. The van der Waals surface area contributed by atoms with E-state index < -0.39 is 21.9 Å². The zero-order chi connectivity index (χ0) is 42.1. The molecule has 1 aliphatic carbocycles. The number of esters is 1. The number of phenols is 1. The number of carbonyl (C=O) groups is 3. The van der Waals surface area contributed by atoms with Gasteiger partial charge in [0, 0.05) is 59.4 Å². The van der Waals surface area contributed by atoms with Gasteiger partial charge in [-0.05, 0) is 79.6 Å². The van der Waals surface area contributed by atoms with Crippen molar-refractivity contribution in [3.05, 3.63) is 155 Å². The topological polar surface area (TPSA) is 164 Å². The quantitative estimate of drug-likeness (QED) is 0.0760. The van der Waals surface area contributed by atoms with Crippen molar-refractivity contribution in [2.75, 3.05) is 19.0 Å². The highest BCUT2D eigenvalue weighted by Crippen LogP contribution is 2.41. The molecule has 0 saturated carbocycles. The third-order valence-corrected chi connectivity index (χ3v) is 12.2. The van der Waals surface area contributed by atoms with Gasteiger partial charge >= 0.3 is 5.97 Å². The molecule has 0 saturated heterocycles. The fourth-order valence-corrected chi connectivity index (χ4v) is 8.96. The maximum atomic E-state index is 14.8. The summed E-state index contributed by atoms with van der Waals surface area (Å²) in [4.78, 5) is 53.1. The molecule has 2 aliphatic rings. The lowest BCUT2D eigenvalue weighted by atomic mass is 9.93. The number of nitrogens with zero attached hydrogens (tertiary/aromatic N) is 2. The lowest BCUT2D eigenvalue weighted by Gasteiger charge is -2.24. The van der Waals surface area contributed by atoms with E-state index in [0.717, 1.165) is 21.0 Å². The first-order chi connectivity index (χ1) is 28.9. The molecular formula is C47H38N3O9S+. The van der Waals surface area contributed by atoms with Gasteiger partial charge in [0.1, 0.15) is 17.1 Å². The summed E-state index contributed by atoms with van der Waals surface area (Å²) in [5, 5.41) is 14.7. The van der Waals surface area contributed by atoms with Gasteiger partial charge in [0.25, 0.3) is 21.8 Å². The number of methoxy groups -OCH3 is 1. The molecule has 0 radical (unpaired) electrons. The number of hydrogen-bond acceptors (Lipinski definition) is 9. The maximum absolute atomic E-state index is 14.8. The molecule has 6 aromatic rings. The zero-order valence-electron chi connectivity index (χ0n) is 32.5. The molecule has 300 valence electrons. The molecule has 1 aliphatic heterocycles. The van der Waals surface area contributed by atoms with Gasteiger partial charge < -0.3 is 19.6 Å². The van der Waals surface area contributed by atoms with Crippen molar-refractivity contribution in [3.8, 4) is 28.2 Å². The van der Waals surface area contributed by atoms with E-state index in [1.165, 1.54) is 37.4 Å². The Labute approximate surface area is 344 Å². The predicted molar refractivity (Wildman–Crippen MR) is 227 cm³/mol. The molecular weight excluding hydrogens is 783 g/mol. The Balaban J connectivity index is 1.17. The highest BCUT2D eigenvalue weighted by Gasteiger charge is 2.34. The van der Waals surface area contributed by atoms with Crippen molar-refractivity contribution in [2.24, 2.45) is 0 Å². The van der Waals surface area contributed by atoms with Gasteiger partial charge in [0.05, 0.1) is 28.3 Å². The van der Waals surface area contributed by atoms with E-state index in [-0.39, 0.29) is 53.5 Å². The lowest BCUT2D eigenvalue weighted by Crippen LogP contribution is -2.43. The number of sulfonamides is 1. The summed E-state index contributed by atoms with van der Waals surface area (Å²) in [6.45, 7) is 1.37. The Morgan fingerprint density at radius 2 is 1.50 bits per heavy atom. The summed E-state index contributed by atoms with van der Waals surface area (Å²) in [6.07, 6.45) is -0.0660. The van der Waals surface area contributed by atoms with Crippen LogP contribution in [0.5, 0.6) is 5.75 Å². The summed E-state index contributed by atoms with van der Waals surface area (Å²) >= 11 is 0. The number of anilines is 1. The van der Waals surface area contributed by atoms with Gasteiger partial charge in [-0.15, -0.1) is 0 Å². The van der Waals surface area contributed by atoms with Crippen molar-refractivity contribution in [1.29, 1.82) is 0 Å². The van der Waals surface area contributed by atoms with Crippen molar-refractivity contribution >= 4 is 66.3 Å². The van der Waals surface area contributed by atoms with Crippen LogP contribution in [0.25, 0.3) is 55.2 Å². The van der Waals surface area contributed by atoms with E-state index in [0.29, 0.717) is 49.8 Å². The number of pyridine rings is 1. The van der Waals surface area contributed by atoms with Crippen molar-refractivity contribution < 1.29 is 41.6 Å². The second-order valence-electron chi connectivity index (χ2n) is 14.3. The zero-order valence-corrected chi connectivity index (χ0v) is 33.4. The van der Waals surface area contributed by atoms with Crippen molar-refractivity contribution in [2.45, 2.75) is 31.2 Å². The van der Waals surface area contributed by atoms with E-state index in [9.17, 15) is 32.7 Å². The minimum absolute atomic E-state index is 0.00559. The summed E-state index contributed by atoms with van der Waals surface area (Å²) in [7, 11) is -3.15. The SMILES string of the molecule is COC(=O)CCCN(C(=O)c1c2ccccc2[n+](CC(=O)Nc2cccc(-c3c4ccc(=O)cc-4oc4cc(O)ccc34)c2)c2ccccc12)S(=O)(=O)c1ccc(C)cc1. The Hall–Kier alpha value is -7.38. The second-order valence-corrected chi connectivity index (χ2v) is 16.2. The van der Waals surface area contributed by atoms with Crippen molar-refractivity contribution in [3.63, 3.8) is 0 Å². The molecule has 8 rings (SSSR count). The summed E-state index contributed by atoms with van der Waals surface area (Å²) in [5.41, 5.74) is 4.79. The Bertz CT molecular complexity index is 3090. The van der Waals surface area contributed by atoms with Crippen molar-refractivity contribution in [1.82, 2.24) is 4.31 Å². The number of amides is 2. The van der Waals surface area contributed by atoms with Crippen LogP contribution in [0.4, 0.5) is 5.69 Å². The normalized spacial score (nSPS) is 11.6. The number of ether oxygens (including phenoxy) is 1. The Morgan fingerprint density at radius 3 is 2.20 bits per heavy atom. The number of aromatic nitrogens is 1. The molecule has 1 aromatic heterocycles. The first kappa shape index (κ1) is 39.4. The maximum Gasteiger partial charge on any atom is 0.305 e. The lowest BCUT2D eigenvalue weighted by molar-refractivity contribution is -0.631. The van der Waals surface area contributed by atoms with Crippen LogP contribution in [0, 0.1) is 6.92 Å². The number of aromatic hydroxyl groups is 1. The van der Waals surface area contributed by atoms with Gasteiger partial charge in [-0.1, -0.05) is 54.1 Å². The monoisotopic (exact) mass is 820 g/mol. The number of phenolic OH excluding ortho intramolecular Hbond substituents is 1. The molecule has 0 unspecified atom stereocenters. The van der Waals surface area contributed by atoms with Gasteiger partial charge in [-0.3, -0.25) is 19.2 Å². The van der Waals surface area contributed by atoms with Crippen LogP contribution in [0.15, 0.2) is 148 Å². The third-order valence-electron chi connectivity index (χ3n) is 10.4. The average molecular weight is 821 g/mol. The number of hydrogen-bond donors (Lipinski definition) is 2. The molecule has 2 heterocycles. The number of nitrogens with one attached hydrogen (secondary N) is 1. The molecule has 2 N–H and O–H groups in total. The Morgan fingerprint density at radius 1 is 0.800 bits per heavy atom. The largest absolute Gasteiger partial charge is 0.508 e. The van der Waals surface area contributed by atoms with E-state index in [1.807, 2.05) is 19.1 Å². The van der Waals surface area contributed by atoms with E-state index in [1.54, 1.807) is 95.6 Å². The van der Waals surface area contributed by atoms with Crippen LogP contribution in [0.3, 0.4) is 0 Å². The highest BCUT2D eigenvalue weighted by molar-refractivity contribution is 7.89. The van der Waals surface area contributed by atoms with Gasteiger partial charge in [0.15, 0.2) is 5.43 Å². The Kier molecular flexibility index (Phi) is 10.6. The van der Waals surface area contributed by atoms with Crippen LogP contribution < -0.4 is 15.3 Å². The van der Waals surface area contributed by atoms with Gasteiger partial charge in [-0.2, -0.15) is 4.57 Å². The molecule has 0 fully saturated rings. The fourth-order valence-electron chi connectivity index (χ4n) is 7.55. The predicted octanol–water partition coefficient (Wildman–Crippen LogP) is 7.60. The van der Waals surface area contributed by atoms with E-state index in [2.05, 4.69) is 5.32 Å². The molecule has 13 heteroatoms. The van der Waals surface area contributed by atoms with Crippen LogP contribution >= 0.6 is 0 Å². The number of fused-ring (bicyclic) bond motifs is 4. The molecule has 0 spiro atoms. The minimum Gasteiger partial charge on any atom is -0.508 e. The molecule has 12 nitrogen and oxygen atoms in total. The number of rotatable bonds is 11. The number of para-hydroxylation sites is 2. The van der Waals surface area contributed by atoms with Crippen LogP contribution in [0.1, 0.15) is 28.8 Å². The van der Waals surface area contributed by atoms with Crippen LogP contribution in [0.2, 0.25) is 0 Å². The summed E-state index contributed by atoms with van der Waals surface area (Å²) < 4.78 is 41.8. The average Bonchev–Trinajstić information content (AvgIpc) is 3.24. The standard InChI is InChI=1S/C47H37N3O9S/c1-29-16-20-34(21-17-29)60(56,57)50(24-8-15-44(54)58-2)47(55)46-35-11-3-5-13-39(35)49(40-14-6-4-12-36(40)46)28-43(53)48-31-10-7-9-30(25-31)45-37-22-18-32(51)26-41(37)59-42-27-33(52)19-23-38(42)45/h3-7,9-14,16-23,25-27H,8,15,24,28H2,1-2H3,(H-,48,51,52,53)/p+1. The first-order valence-corrected chi connectivity index (χ1v) is 20.5. The third kappa shape index (κ3) is 7.53. The summed E-state index contributed by atoms with van der Waals surface area (Å²) in [5.74, 6) is -1.34. The first-order valence-electron chi connectivity index (χ1n) is 19.1. The number of benzene rings is 6. The minimum atomic E-state index is -4.39. The van der Waals surface area contributed by atoms with Gasteiger partial charge in [0.2, 0.25) is 17.6 Å². The van der Waals surface area contributed by atoms with Crippen LogP contribution in [-0.2, 0) is 30.9 Å². The highest BCUT2D eigenvalue weighted by atomic mass is 32.2. The smallest absolute Gasteiger partial charge is 0.305 e. The fraction of sp³-hybridized carbons (Fsp3) is 0.128. The number of aryl methyl sites for hydroxylation is 1. The van der Waals surface area contributed by atoms with E-state index in [4.69, 9.17) is 9.15 Å². The molecule has 5 aromatic carbocycles. The summed E-state index contributed by atoms with van der Waals surface area (Å²) in [6, 6.07) is 36.8. The molecule has 0 bridgehead atoms. The van der Waals surface area contributed by atoms with Gasteiger partial charge in [-0.25, -0.2) is 12.7 Å². The van der Waals surface area contributed by atoms with E-state index >= 15 is 0 Å².